The SMILES string of the molecule is CC(C)c1c(F)cc(CC2CCC(=O)NC2=O)cc1F. The zero-order valence-corrected chi connectivity index (χ0v) is 11.5. The van der Waals surface area contributed by atoms with Crippen LogP contribution in [-0.2, 0) is 16.0 Å². The van der Waals surface area contributed by atoms with Crippen LogP contribution in [0.1, 0.15) is 43.7 Å². The molecule has 1 atom stereocenters. The minimum Gasteiger partial charge on any atom is -0.296 e. The van der Waals surface area contributed by atoms with E-state index >= 15 is 0 Å². The number of imide groups is 1. The van der Waals surface area contributed by atoms with Gasteiger partial charge in [-0.25, -0.2) is 8.78 Å². The van der Waals surface area contributed by atoms with Crippen molar-refractivity contribution >= 4 is 11.8 Å². The van der Waals surface area contributed by atoms with E-state index in [1.807, 2.05) is 0 Å². The van der Waals surface area contributed by atoms with Gasteiger partial charge in [0.1, 0.15) is 11.6 Å². The average Bonchev–Trinajstić information content (AvgIpc) is 2.31. The van der Waals surface area contributed by atoms with Gasteiger partial charge in [-0.05, 0) is 36.5 Å². The molecule has 1 saturated heterocycles. The van der Waals surface area contributed by atoms with Crippen LogP contribution in [0.2, 0.25) is 0 Å². The molecule has 1 unspecified atom stereocenters. The Morgan fingerprint density at radius 2 is 1.85 bits per heavy atom. The van der Waals surface area contributed by atoms with Crippen LogP contribution in [-0.4, -0.2) is 11.8 Å². The summed E-state index contributed by atoms with van der Waals surface area (Å²) in [5, 5.41) is 2.24. The van der Waals surface area contributed by atoms with E-state index in [1.165, 1.54) is 12.1 Å². The van der Waals surface area contributed by atoms with Crippen molar-refractivity contribution in [1.82, 2.24) is 5.32 Å². The van der Waals surface area contributed by atoms with Crippen LogP contribution in [0, 0.1) is 17.6 Å². The van der Waals surface area contributed by atoms with Gasteiger partial charge in [0.15, 0.2) is 0 Å². The molecule has 0 aliphatic carbocycles. The molecular weight excluding hydrogens is 264 g/mol. The smallest absolute Gasteiger partial charge is 0.230 e. The first-order chi connectivity index (χ1) is 9.38. The number of hydrogen-bond donors (Lipinski definition) is 1. The Morgan fingerprint density at radius 3 is 2.35 bits per heavy atom. The van der Waals surface area contributed by atoms with Gasteiger partial charge in [0, 0.05) is 17.9 Å². The minimum absolute atomic E-state index is 0.0667. The van der Waals surface area contributed by atoms with E-state index in [1.54, 1.807) is 13.8 Å². The van der Waals surface area contributed by atoms with Gasteiger partial charge in [-0.3, -0.25) is 14.9 Å². The molecule has 20 heavy (non-hydrogen) atoms. The largest absolute Gasteiger partial charge is 0.296 e. The molecule has 1 aromatic carbocycles. The standard InChI is InChI=1S/C15H17F2NO2/c1-8(2)14-11(16)6-9(7-12(14)17)5-10-3-4-13(19)18-15(10)20/h6-8,10H,3-5H2,1-2H3,(H,18,19,20). The van der Waals surface area contributed by atoms with E-state index in [-0.39, 0.29) is 36.1 Å². The van der Waals surface area contributed by atoms with Crippen molar-refractivity contribution in [3.8, 4) is 0 Å². The van der Waals surface area contributed by atoms with E-state index < -0.39 is 17.6 Å². The molecule has 0 radical (unpaired) electrons. The van der Waals surface area contributed by atoms with E-state index in [4.69, 9.17) is 0 Å². The third-order valence-corrected chi connectivity index (χ3v) is 3.55. The van der Waals surface area contributed by atoms with Crippen molar-refractivity contribution in [2.24, 2.45) is 5.92 Å². The summed E-state index contributed by atoms with van der Waals surface area (Å²) in [4.78, 5) is 22.7. The van der Waals surface area contributed by atoms with Crippen molar-refractivity contribution in [2.45, 2.75) is 39.0 Å². The third kappa shape index (κ3) is 3.03. The summed E-state index contributed by atoms with van der Waals surface area (Å²) < 4.78 is 27.8. The molecule has 0 spiro atoms. The summed E-state index contributed by atoms with van der Waals surface area (Å²) in [7, 11) is 0. The Morgan fingerprint density at radius 1 is 1.25 bits per heavy atom. The fourth-order valence-electron chi connectivity index (χ4n) is 2.52. The summed E-state index contributed by atoms with van der Waals surface area (Å²) in [6, 6.07) is 2.56. The topological polar surface area (TPSA) is 46.2 Å². The van der Waals surface area contributed by atoms with E-state index in [2.05, 4.69) is 5.32 Å². The quantitative estimate of drug-likeness (QED) is 0.866. The molecule has 108 valence electrons. The molecule has 0 saturated carbocycles. The lowest BCUT2D eigenvalue weighted by atomic mass is 9.90. The highest BCUT2D eigenvalue weighted by molar-refractivity contribution is 5.98. The molecule has 1 aliphatic rings. The highest BCUT2D eigenvalue weighted by Gasteiger charge is 2.27. The van der Waals surface area contributed by atoms with Gasteiger partial charge >= 0.3 is 0 Å². The number of amides is 2. The number of carbonyl (C=O) groups excluding carboxylic acids is 2. The summed E-state index contributed by atoms with van der Waals surface area (Å²) in [6.07, 6.45) is 0.927. The fraction of sp³-hybridized carbons (Fsp3) is 0.467. The summed E-state index contributed by atoms with van der Waals surface area (Å²) >= 11 is 0. The monoisotopic (exact) mass is 281 g/mol. The van der Waals surface area contributed by atoms with Crippen molar-refractivity contribution < 1.29 is 18.4 Å². The number of benzene rings is 1. The molecule has 0 bridgehead atoms. The van der Waals surface area contributed by atoms with Crippen LogP contribution >= 0.6 is 0 Å². The Balaban J connectivity index is 2.18. The number of piperidine rings is 1. The lowest BCUT2D eigenvalue weighted by molar-refractivity contribution is -0.136. The van der Waals surface area contributed by atoms with E-state index in [9.17, 15) is 18.4 Å². The Labute approximate surface area is 116 Å². The molecule has 1 heterocycles. The van der Waals surface area contributed by atoms with Crippen LogP contribution in [0.3, 0.4) is 0 Å². The molecule has 5 heteroatoms. The molecule has 0 aromatic heterocycles. The zero-order chi connectivity index (χ0) is 14.9. The molecule has 2 rings (SSSR count). The average molecular weight is 281 g/mol. The van der Waals surface area contributed by atoms with Crippen molar-refractivity contribution in [3.63, 3.8) is 0 Å². The molecule has 1 aliphatic heterocycles. The van der Waals surface area contributed by atoms with Gasteiger partial charge in [-0.1, -0.05) is 13.8 Å². The predicted octanol–water partition coefficient (Wildman–Crippen LogP) is 2.68. The first kappa shape index (κ1) is 14.6. The second-order valence-corrected chi connectivity index (χ2v) is 5.48. The molecule has 3 nitrogen and oxygen atoms in total. The molecule has 1 N–H and O–H groups in total. The van der Waals surface area contributed by atoms with Crippen LogP contribution in [0.25, 0.3) is 0 Å². The van der Waals surface area contributed by atoms with Crippen molar-refractivity contribution in [1.29, 1.82) is 0 Å². The Kier molecular flexibility index (Phi) is 4.16. The number of hydrogen-bond acceptors (Lipinski definition) is 2. The highest BCUT2D eigenvalue weighted by atomic mass is 19.1. The molecule has 1 fully saturated rings. The van der Waals surface area contributed by atoms with Crippen molar-refractivity contribution in [2.75, 3.05) is 0 Å². The normalized spacial score (nSPS) is 19.4. The fourth-order valence-corrected chi connectivity index (χ4v) is 2.52. The van der Waals surface area contributed by atoms with Crippen LogP contribution < -0.4 is 5.32 Å². The number of carbonyl (C=O) groups is 2. The lowest BCUT2D eigenvalue weighted by Crippen LogP contribution is -2.41. The van der Waals surface area contributed by atoms with E-state index in [0.717, 1.165) is 0 Å². The maximum absolute atomic E-state index is 13.9. The third-order valence-electron chi connectivity index (χ3n) is 3.55. The van der Waals surface area contributed by atoms with Crippen LogP contribution in [0.15, 0.2) is 12.1 Å². The van der Waals surface area contributed by atoms with E-state index in [0.29, 0.717) is 12.0 Å². The first-order valence-corrected chi connectivity index (χ1v) is 6.70. The van der Waals surface area contributed by atoms with Gasteiger partial charge in [0.05, 0.1) is 0 Å². The number of rotatable bonds is 3. The van der Waals surface area contributed by atoms with Crippen LogP contribution in [0.5, 0.6) is 0 Å². The van der Waals surface area contributed by atoms with Crippen LogP contribution in [0.4, 0.5) is 8.78 Å². The van der Waals surface area contributed by atoms with Gasteiger partial charge < -0.3 is 0 Å². The maximum atomic E-state index is 13.9. The number of halogens is 2. The second-order valence-electron chi connectivity index (χ2n) is 5.48. The molecule has 2 amide bonds. The van der Waals surface area contributed by atoms with Gasteiger partial charge in [0.2, 0.25) is 11.8 Å². The summed E-state index contributed by atoms with van der Waals surface area (Å²) in [5.41, 5.74) is 0.510. The van der Waals surface area contributed by atoms with Gasteiger partial charge in [-0.2, -0.15) is 0 Å². The van der Waals surface area contributed by atoms with Gasteiger partial charge in [-0.15, -0.1) is 0 Å². The second kappa shape index (κ2) is 5.69. The molecule has 1 aromatic rings. The number of nitrogens with one attached hydrogen (secondary N) is 1. The summed E-state index contributed by atoms with van der Waals surface area (Å²) in [6.45, 7) is 3.45. The molecular formula is C15H17F2NO2. The highest BCUT2D eigenvalue weighted by Crippen LogP contribution is 2.26. The lowest BCUT2D eigenvalue weighted by Gasteiger charge is -2.21. The van der Waals surface area contributed by atoms with Gasteiger partial charge in [0.25, 0.3) is 0 Å². The minimum atomic E-state index is -0.581. The maximum Gasteiger partial charge on any atom is 0.230 e. The summed E-state index contributed by atoms with van der Waals surface area (Å²) in [5.74, 6) is -2.46. The Hall–Kier alpha value is -1.78. The van der Waals surface area contributed by atoms with Crippen molar-refractivity contribution in [3.05, 3.63) is 34.9 Å². The zero-order valence-electron chi connectivity index (χ0n) is 11.5. The first-order valence-electron chi connectivity index (χ1n) is 6.70. The Bertz CT molecular complexity index is 532. The predicted molar refractivity (Wildman–Crippen MR) is 70.0 cm³/mol.